The molecule has 1 heterocycles. The molecule has 1 fully saturated rings. The largest absolute Gasteiger partial charge is 0.315 e. The Labute approximate surface area is 124 Å². The van der Waals surface area contributed by atoms with Gasteiger partial charge in [-0.1, -0.05) is 36.6 Å². The molecule has 3 rings (SSSR count). The summed E-state index contributed by atoms with van der Waals surface area (Å²) in [6, 6.07) is 7.34. The Hall–Kier alpha value is -1.75. The van der Waals surface area contributed by atoms with Gasteiger partial charge in [-0.15, -0.1) is 5.10 Å². The van der Waals surface area contributed by atoms with Crippen molar-refractivity contribution in [2.45, 2.75) is 38.6 Å². The first-order valence-corrected chi connectivity index (χ1v) is 7.88. The molecule has 1 N–H and O–H groups in total. The number of aromatic nitrogens is 3. The lowest BCUT2D eigenvalue weighted by atomic mass is 9.89. The molecule has 0 atom stereocenters. The first kappa shape index (κ1) is 14.2. The van der Waals surface area contributed by atoms with E-state index >= 15 is 0 Å². The van der Waals surface area contributed by atoms with Crippen molar-refractivity contribution >= 4 is 10.9 Å². The highest BCUT2D eigenvalue weighted by atomic mass is 16.1. The Balaban J connectivity index is 1.55. The fraction of sp³-hybridized carbons (Fsp3) is 0.562. The van der Waals surface area contributed by atoms with Gasteiger partial charge in [-0.3, -0.25) is 4.79 Å². The minimum absolute atomic E-state index is 0.0555. The van der Waals surface area contributed by atoms with Crippen molar-refractivity contribution in [3.05, 3.63) is 34.6 Å². The molecule has 1 aromatic heterocycles. The Kier molecular flexibility index (Phi) is 4.60. The molecule has 1 aliphatic carbocycles. The summed E-state index contributed by atoms with van der Waals surface area (Å²) in [5, 5.41) is 12.2. The SMILES string of the molecule is O=c1c2ccccc2nnn1CCNCC1CCCCC1. The zero-order valence-electron chi connectivity index (χ0n) is 12.3. The highest BCUT2D eigenvalue weighted by Gasteiger charge is 2.12. The maximum Gasteiger partial charge on any atom is 0.277 e. The monoisotopic (exact) mass is 286 g/mol. The number of benzene rings is 1. The van der Waals surface area contributed by atoms with E-state index in [2.05, 4.69) is 15.6 Å². The second-order valence-corrected chi connectivity index (χ2v) is 5.84. The minimum Gasteiger partial charge on any atom is -0.315 e. The van der Waals surface area contributed by atoms with Crippen molar-refractivity contribution in [1.29, 1.82) is 0 Å². The number of hydrogen-bond donors (Lipinski definition) is 1. The quantitative estimate of drug-likeness (QED) is 0.854. The maximum atomic E-state index is 12.3. The summed E-state index contributed by atoms with van der Waals surface area (Å²) >= 11 is 0. The van der Waals surface area contributed by atoms with Gasteiger partial charge in [0.25, 0.3) is 5.56 Å². The van der Waals surface area contributed by atoms with Gasteiger partial charge in [-0.2, -0.15) is 0 Å². The lowest BCUT2D eigenvalue weighted by molar-refractivity contribution is 0.338. The highest BCUT2D eigenvalue weighted by Crippen LogP contribution is 2.22. The van der Waals surface area contributed by atoms with Crippen LogP contribution in [0.4, 0.5) is 0 Å². The van der Waals surface area contributed by atoms with E-state index < -0.39 is 0 Å². The fourth-order valence-corrected chi connectivity index (χ4v) is 3.05. The van der Waals surface area contributed by atoms with Gasteiger partial charge in [-0.05, 0) is 37.4 Å². The van der Waals surface area contributed by atoms with Gasteiger partial charge in [0.1, 0.15) is 5.52 Å². The van der Waals surface area contributed by atoms with Crippen molar-refractivity contribution < 1.29 is 0 Å². The molecule has 0 unspecified atom stereocenters. The molecule has 2 aromatic rings. The van der Waals surface area contributed by atoms with Gasteiger partial charge in [0.15, 0.2) is 0 Å². The van der Waals surface area contributed by atoms with Gasteiger partial charge in [-0.25, -0.2) is 4.68 Å². The van der Waals surface area contributed by atoms with Crippen molar-refractivity contribution in [3.63, 3.8) is 0 Å². The first-order valence-electron chi connectivity index (χ1n) is 7.88. The lowest BCUT2D eigenvalue weighted by Gasteiger charge is -2.21. The summed E-state index contributed by atoms with van der Waals surface area (Å²) in [4.78, 5) is 12.3. The number of nitrogens with zero attached hydrogens (tertiary/aromatic N) is 3. The standard InChI is InChI=1S/C16H22N4O/c21-16-14-8-4-5-9-15(14)18-19-20(16)11-10-17-12-13-6-2-1-3-7-13/h4-5,8-9,13,17H,1-3,6-7,10-12H2. The van der Waals surface area contributed by atoms with E-state index in [0.717, 1.165) is 19.0 Å². The summed E-state index contributed by atoms with van der Waals surface area (Å²) in [6.07, 6.45) is 6.79. The van der Waals surface area contributed by atoms with E-state index in [-0.39, 0.29) is 5.56 Å². The van der Waals surface area contributed by atoms with Crippen molar-refractivity contribution in [1.82, 2.24) is 20.3 Å². The van der Waals surface area contributed by atoms with Gasteiger partial charge in [0.05, 0.1) is 11.9 Å². The van der Waals surface area contributed by atoms with Crippen LogP contribution in [0.15, 0.2) is 29.1 Å². The zero-order valence-corrected chi connectivity index (χ0v) is 12.3. The van der Waals surface area contributed by atoms with Crippen LogP contribution >= 0.6 is 0 Å². The van der Waals surface area contributed by atoms with Crippen molar-refractivity contribution in [2.24, 2.45) is 5.92 Å². The molecule has 1 aliphatic rings. The third kappa shape index (κ3) is 3.47. The second-order valence-electron chi connectivity index (χ2n) is 5.84. The molecule has 112 valence electrons. The normalized spacial score (nSPS) is 16.4. The smallest absolute Gasteiger partial charge is 0.277 e. The lowest BCUT2D eigenvalue weighted by Crippen LogP contribution is -2.32. The molecule has 5 heteroatoms. The van der Waals surface area contributed by atoms with E-state index in [9.17, 15) is 4.79 Å². The van der Waals surface area contributed by atoms with Crippen molar-refractivity contribution in [3.8, 4) is 0 Å². The highest BCUT2D eigenvalue weighted by molar-refractivity contribution is 5.76. The molecule has 0 spiro atoms. The minimum atomic E-state index is -0.0555. The first-order chi connectivity index (χ1) is 10.3. The Morgan fingerprint density at radius 3 is 2.86 bits per heavy atom. The van der Waals surface area contributed by atoms with E-state index in [4.69, 9.17) is 0 Å². The van der Waals surface area contributed by atoms with Crippen LogP contribution in [-0.4, -0.2) is 28.1 Å². The third-order valence-corrected chi connectivity index (χ3v) is 4.29. The molecule has 0 amide bonds. The van der Waals surface area contributed by atoms with Gasteiger partial charge >= 0.3 is 0 Å². The molecule has 0 radical (unpaired) electrons. The van der Waals surface area contributed by atoms with Crippen LogP contribution in [0.1, 0.15) is 32.1 Å². The fourth-order valence-electron chi connectivity index (χ4n) is 3.05. The van der Waals surface area contributed by atoms with Gasteiger partial charge in [0, 0.05) is 6.54 Å². The number of fused-ring (bicyclic) bond motifs is 1. The van der Waals surface area contributed by atoms with Crippen molar-refractivity contribution in [2.75, 3.05) is 13.1 Å². The Bertz CT molecular complexity index is 646. The van der Waals surface area contributed by atoms with Gasteiger partial charge in [0.2, 0.25) is 0 Å². The Morgan fingerprint density at radius 1 is 1.19 bits per heavy atom. The number of hydrogen-bond acceptors (Lipinski definition) is 4. The second kappa shape index (κ2) is 6.80. The summed E-state index contributed by atoms with van der Waals surface area (Å²) in [7, 11) is 0. The van der Waals surface area contributed by atoms with Crippen LogP contribution in [0, 0.1) is 5.92 Å². The third-order valence-electron chi connectivity index (χ3n) is 4.29. The van der Waals surface area contributed by atoms with E-state index in [1.165, 1.54) is 36.8 Å². The van der Waals surface area contributed by atoms with E-state index in [0.29, 0.717) is 17.4 Å². The summed E-state index contributed by atoms with van der Waals surface area (Å²) in [5.74, 6) is 0.804. The van der Waals surface area contributed by atoms with Gasteiger partial charge < -0.3 is 5.32 Å². The number of nitrogens with one attached hydrogen (secondary N) is 1. The molecule has 21 heavy (non-hydrogen) atoms. The predicted molar refractivity (Wildman–Crippen MR) is 83.2 cm³/mol. The summed E-state index contributed by atoms with van der Waals surface area (Å²) in [5.41, 5.74) is 0.606. The molecule has 5 nitrogen and oxygen atoms in total. The summed E-state index contributed by atoms with van der Waals surface area (Å²) in [6.45, 7) is 2.39. The van der Waals surface area contributed by atoms with Crippen LogP contribution in [-0.2, 0) is 6.54 Å². The zero-order chi connectivity index (χ0) is 14.5. The molecular weight excluding hydrogens is 264 g/mol. The van der Waals surface area contributed by atoms with Crippen LogP contribution in [0.25, 0.3) is 10.9 Å². The average molecular weight is 286 g/mol. The molecule has 1 saturated carbocycles. The molecule has 0 bridgehead atoms. The van der Waals surface area contributed by atoms with E-state index in [1.54, 1.807) is 6.07 Å². The molecule has 0 aliphatic heterocycles. The predicted octanol–water partition coefficient (Wildman–Crippen LogP) is 1.96. The molecular formula is C16H22N4O. The maximum absolute atomic E-state index is 12.3. The molecule has 0 saturated heterocycles. The van der Waals surface area contributed by atoms with Crippen LogP contribution in [0.3, 0.4) is 0 Å². The van der Waals surface area contributed by atoms with Crippen LogP contribution < -0.4 is 10.9 Å². The Morgan fingerprint density at radius 2 is 2.00 bits per heavy atom. The summed E-state index contributed by atoms with van der Waals surface area (Å²) < 4.78 is 1.45. The topological polar surface area (TPSA) is 59.8 Å². The van der Waals surface area contributed by atoms with Crippen LogP contribution in [0.5, 0.6) is 0 Å². The molecule has 1 aromatic carbocycles. The van der Waals surface area contributed by atoms with Crippen LogP contribution in [0.2, 0.25) is 0 Å². The number of rotatable bonds is 5. The average Bonchev–Trinajstić information content (AvgIpc) is 2.55. The van der Waals surface area contributed by atoms with E-state index in [1.807, 2.05) is 18.2 Å².